The Morgan fingerprint density at radius 2 is 1.83 bits per heavy atom. The highest BCUT2D eigenvalue weighted by Gasteiger charge is 2.26. The lowest BCUT2D eigenvalue weighted by molar-refractivity contribution is -0.386. The highest BCUT2D eigenvalue weighted by Crippen LogP contribution is 2.32. The first-order valence-electron chi connectivity index (χ1n) is 7.22. The van der Waals surface area contributed by atoms with E-state index in [0.29, 0.717) is 6.54 Å². The molecule has 8 heteroatoms. The van der Waals surface area contributed by atoms with Crippen LogP contribution in [0.3, 0.4) is 0 Å². The topological polar surface area (TPSA) is 89.3 Å². The molecule has 0 aliphatic carbocycles. The summed E-state index contributed by atoms with van der Waals surface area (Å²) < 4.78 is 23.5. The second-order valence-electron chi connectivity index (χ2n) is 5.30. The number of nitrogens with zero attached hydrogens (tertiary/aromatic N) is 1. The summed E-state index contributed by atoms with van der Waals surface area (Å²) in [5.41, 5.74) is -0.194. The third-order valence-corrected chi connectivity index (χ3v) is 5.48. The number of nitrogens with one attached hydrogen (secondary N) is 1. The quantitative estimate of drug-likeness (QED) is 0.457. The van der Waals surface area contributed by atoms with E-state index in [9.17, 15) is 18.5 Å². The van der Waals surface area contributed by atoms with E-state index in [1.54, 1.807) is 11.8 Å². The maximum Gasteiger partial charge on any atom is 0.310 e. The number of rotatable bonds is 7. The van der Waals surface area contributed by atoms with Crippen LogP contribution in [0.4, 0.5) is 11.4 Å². The zero-order chi connectivity index (χ0) is 17.7. The van der Waals surface area contributed by atoms with Gasteiger partial charge in [0.1, 0.15) is 10.6 Å². The van der Waals surface area contributed by atoms with E-state index in [1.165, 1.54) is 18.2 Å². The summed E-state index contributed by atoms with van der Waals surface area (Å²) >= 11 is 1.64. The van der Waals surface area contributed by atoms with Gasteiger partial charge in [-0.25, -0.2) is 8.42 Å². The van der Waals surface area contributed by atoms with Gasteiger partial charge in [-0.3, -0.25) is 10.1 Å². The Kier molecular flexibility index (Phi) is 5.84. The Morgan fingerprint density at radius 1 is 1.17 bits per heavy atom. The molecule has 0 fully saturated rings. The minimum atomic E-state index is -3.67. The van der Waals surface area contributed by atoms with E-state index >= 15 is 0 Å². The van der Waals surface area contributed by atoms with Crippen LogP contribution in [-0.4, -0.2) is 31.4 Å². The van der Waals surface area contributed by atoms with Crippen LogP contribution < -0.4 is 5.32 Å². The summed E-state index contributed by atoms with van der Waals surface area (Å²) in [5.74, 6) is 0. The second-order valence-corrected chi connectivity index (χ2v) is 8.80. The van der Waals surface area contributed by atoms with E-state index in [1.807, 2.05) is 37.3 Å². The number of hydrogen-bond acceptors (Lipinski definition) is 6. The molecule has 24 heavy (non-hydrogen) atoms. The van der Waals surface area contributed by atoms with Gasteiger partial charge in [0.15, 0.2) is 9.84 Å². The molecule has 1 atom stereocenters. The van der Waals surface area contributed by atoms with Gasteiger partial charge in [-0.15, -0.1) is 11.8 Å². The minimum absolute atomic E-state index is 0.147. The van der Waals surface area contributed by atoms with Gasteiger partial charge in [0.25, 0.3) is 0 Å². The van der Waals surface area contributed by atoms with Gasteiger partial charge < -0.3 is 5.32 Å². The molecule has 128 valence electrons. The van der Waals surface area contributed by atoms with Crippen molar-refractivity contribution in [3.63, 3.8) is 0 Å². The summed E-state index contributed by atoms with van der Waals surface area (Å²) in [4.78, 5) is 11.5. The molecular formula is C16H18N2O4S2. The predicted octanol–water partition coefficient (Wildman–Crippen LogP) is 3.59. The lowest BCUT2D eigenvalue weighted by Crippen LogP contribution is -2.15. The van der Waals surface area contributed by atoms with Crippen molar-refractivity contribution in [2.75, 3.05) is 18.1 Å². The van der Waals surface area contributed by atoms with Gasteiger partial charge in [-0.2, -0.15) is 0 Å². The van der Waals surface area contributed by atoms with Gasteiger partial charge in [0.05, 0.1) is 4.92 Å². The molecule has 1 N–H and O–H groups in total. The minimum Gasteiger partial charge on any atom is -0.378 e. The average molecular weight is 366 g/mol. The Balaban J connectivity index is 2.16. The molecular weight excluding hydrogens is 348 g/mol. The molecule has 0 aliphatic rings. The van der Waals surface area contributed by atoms with E-state index in [4.69, 9.17) is 0 Å². The first kappa shape index (κ1) is 18.3. The standard InChI is InChI=1S/C16H18N2O4S2/c1-12(23-13-7-4-3-5-8-13)11-17-14-9-6-10-15(24(2,21)22)16(14)18(19)20/h3-10,12,17H,11H2,1-2H3. The van der Waals surface area contributed by atoms with Gasteiger partial charge >= 0.3 is 5.69 Å². The average Bonchev–Trinajstić information content (AvgIpc) is 2.52. The molecule has 0 aliphatic heterocycles. The highest BCUT2D eigenvalue weighted by molar-refractivity contribution is 8.00. The zero-order valence-electron chi connectivity index (χ0n) is 13.3. The SMILES string of the molecule is CC(CNc1cccc(S(C)(=O)=O)c1[N+](=O)[O-])Sc1ccccc1. The van der Waals surface area contributed by atoms with E-state index in [2.05, 4.69) is 5.32 Å². The molecule has 0 amide bonds. The van der Waals surface area contributed by atoms with Crippen molar-refractivity contribution in [1.29, 1.82) is 0 Å². The number of benzene rings is 2. The maximum atomic E-state index is 11.8. The Labute approximate surface area is 145 Å². The van der Waals surface area contributed by atoms with Gasteiger partial charge in [-0.1, -0.05) is 31.2 Å². The fraction of sp³-hybridized carbons (Fsp3) is 0.250. The Morgan fingerprint density at radius 3 is 2.42 bits per heavy atom. The smallest absolute Gasteiger partial charge is 0.310 e. The fourth-order valence-electron chi connectivity index (χ4n) is 2.18. The fourth-order valence-corrected chi connectivity index (χ4v) is 3.99. The van der Waals surface area contributed by atoms with Crippen molar-refractivity contribution < 1.29 is 13.3 Å². The number of nitro groups is 1. The van der Waals surface area contributed by atoms with E-state index in [0.717, 1.165) is 11.2 Å². The van der Waals surface area contributed by atoms with Crippen LogP contribution in [0.2, 0.25) is 0 Å². The van der Waals surface area contributed by atoms with Crippen molar-refractivity contribution in [2.45, 2.75) is 22.0 Å². The third-order valence-electron chi connectivity index (χ3n) is 3.24. The number of anilines is 1. The molecule has 0 bridgehead atoms. The summed E-state index contributed by atoms with van der Waals surface area (Å²) in [6.07, 6.45) is 0.965. The van der Waals surface area contributed by atoms with Gasteiger partial charge in [0.2, 0.25) is 0 Å². The number of nitro benzene ring substituents is 1. The monoisotopic (exact) mass is 366 g/mol. The number of hydrogen-bond donors (Lipinski definition) is 1. The van der Waals surface area contributed by atoms with Crippen LogP contribution in [0.15, 0.2) is 58.3 Å². The first-order chi connectivity index (χ1) is 11.3. The molecule has 2 aromatic carbocycles. The number of sulfone groups is 1. The molecule has 0 radical (unpaired) electrons. The lowest BCUT2D eigenvalue weighted by Gasteiger charge is -2.14. The molecule has 0 saturated heterocycles. The first-order valence-corrected chi connectivity index (χ1v) is 9.99. The predicted molar refractivity (Wildman–Crippen MR) is 96.5 cm³/mol. The summed E-state index contributed by atoms with van der Waals surface area (Å²) in [7, 11) is -3.67. The van der Waals surface area contributed by atoms with Crippen molar-refractivity contribution in [2.24, 2.45) is 0 Å². The van der Waals surface area contributed by atoms with Gasteiger partial charge in [0, 0.05) is 22.9 Å². The van der Waals surface area contributed by atoms with Crippen molar-refractivity contribution >= 4 is 33.0 Å². The number of thioether (sulfide) groups is 1. The zero-order valence-corrected chi connectivity index (χ0v) is 14.9. The summed E-state index contributed by atoms with van der Waals surface area (Å²) in [6.45, 7) is 2.46. The normalized spacial score (nSPS) is 12.6. The lowest BCUT2D eigenvalue weighted by atomic mass is 10.2. The molecule has 0 saturated carbocycles. The maximum absolute atomic E-state index is 11.8. The molecule has 6 nitrogen and oxygen atoms in total. The van der Waals surface area contributed by atoms with Crippen LogP contribution in [0.1, 0.15) is 6.92 Å². The Bertz CT molecular complexity index is 823. The summed E-state index contributed by atoms with van der Waals surface area (Å²) in [6, 6.07) is 14.1. The molecule has 0 heterocycles. The highest BCUT2D eigenvalue weighted by atomic mass is 32.2. The Hall–Kier alpha value is -2.06. The van der Waals surface area contributed by atoms with Crippen LogP contribution in [0, 0.1) is 10.1 Å². The second kappa shape index (κ2) is 7.67. The van der Waals surface area contributed by atoms with Crippen LogP contribution in [0.25, 0.3) is 0 Å². The van der Waals surface area contributed by atoms with Crippen LogP contribution >= 0.6 is 11.8 Å². The molecule has 2 aromatic rings. The van der Waals surface area contributed by atoms with Crippen molar-refractivity contribution in [3.8, 4) is 0 Å². The third kappa shape index (κ3) is 4.72. The molecule has 0 aromatic heterocycles. The molecule has 2 rings (SSSR count). The van der Waals surface area contributed by atoms with Crippen molar-refractivity contribution in [1.82, 2.24) is 0 Å². The van der Waals surface area contributed by atoms with E-state index < -0.39 is 20.4 Å². The van der Waals surface area contributed by atoms with E-state index in [-0.39, 0.29) is 15.8 Å². The summed E-state index contributed by atoms with van der Waals surface area (Å²) in [5, 5.41) is 14.5. The van der Waals surface area contributed by atoms with Gasteiger partial charge in [-0.05, 0) is 24.3 Å². The number of para-hydroxylation sites is 1. The largest absolute Gasteiger partial charge is 0.378 e. The van der Waals surface area contributed by atoms with Crippen LogP contribution in [0.5, 0.6) is 0 Å². The van der Waals surface area contributed by atoms with Crippen LogP contribution in [-0.2, 0) is 9.84 Å². The van der Waals surface area contributed by atoms with Crippen molar-refractivity contribution in [3.05, 3.63) is 58.6 Å². The molecule has 1 unspecified atom stereocenters. The molecule has 0 spiro atoms.